The number of hydrogen-bond donors (Lipinski definition) is 1. The molecule has 0 aliphatic heterocycles. The molecule has 1 unspecified atom stereocenters. The van der Waals surface area contributed by atoms with Crippen molar-refractivity contribution >= 4 is 27.7 Å². The van der Waals surface area contributed by atoms with Gasteiger partial charge in [0, 0.05) is 11.0 Å². The van der Waals surface area contributed by atoms with Crippen LogP contribution in [-0.4, -0.2) is 24.6 Å². The maximum Gasteiger partial charge on any atom is 0.0175 e. The number of likely N-dealkylation sites (N-methyl/N-ethyl adjacent to an activating group) is 1. The van der Waals surface area contributed by atoms with E-state index in [0.717, 1.165) is 17.6 Å². The summed E-state index contributed by atoms with van der Waals surface area (Å²) in [5.41, 5.74) is 1.45. The van der Waals surface area contributed by atoms with Crippen LogP contribution in [0.15, 0.2) is 28.7 Å². The van der Waals surface area contributed by atoms with E-state index in [-0.39, 0.29) is 0 Å². The Bertz CT molecular complexity index is 300. The summed E-state index contributed by atoms with van der Waals surface area (Å²) in [5, 5.41) is 3.47. The predicted molar refractivity (Wildman–Crippen MR) is 83.0 cm³/mol. The second-order valence-corrected chi connectivity index (χ2v) is 6.35. The fourth-order valence-corrected chi connectivity index (χ4v) is 2.81. The summed E-state index contributed by atoms with van der Waals surface area (Å²) in [6, 6.07) is 8.76. The van der Waals surface area contributed by atoms with Crippen molar-refractivity contribution in [3.63, 3.8) is 0 Å². The van der Waals surface area contributed by atoms with E-state index in [1.807, 2.05) is 11.8 Å². The van der Waals surface area contributed by atoms with E-state index in [4.69, 9.17) is 0 Å². The Balaban J connectivity index is 2.57. The molecule has 1 aromatic carbocycles. The van der Waals surface area contributed by atoms with Crippen molar-refractivity contribution in [2.45, 2.75) is 26.2 Å². The van der Waals surface area contributed by atoms with Gasteiger partial charge in [-0.15, -0.1) is 0 Å². The molecule has 0 aliphatic carbocycles. The largest absolute Gasteiger partial charge is 0.316 e. The third-order valence-corrected chi connectivity index (χ3v) is 4.26. The predicted octanol–water partition coefficient (Wildman–Crippen LogP) is 4.29. The Morgan fingerprint density at radius 1 is 1.24 bits per heavy atom. The molecule has 1 N–H and O–H groups in total. The number of hydrogen-bond acceptors (Lipinski definition) is 2. The van der Waals surface area contributed by atoms with Crippen LogP contribution in [-0.2, 0) is 0 Å². The molecular weight excluding hydrogens is 294 g/mol. The quantitative estimate of drug-likeness (QED) is 0.718. The van der Waals surface area contributed by atoms with Gasteiger partial charge in [0.15, 0.2) is 0 Å². The van der Waals surface area contributed by atoms with Crippen molar-refractivity contribution in [3.8, 4) is 0 Å². The molecule has 0 radical (unpaired) electrons. The fraction of sp³-hybridized carbons (Fsp3) is 0.571. The van der Waals surface area contributed by atoms with E-state index in [1.54, 1.807) is 0 Å². The van der Waals surface area contributed by atoms with Gasteiger partial charge in [0.1, 0.15) is 0 Å². The zero-order chi connectivity index (χ0) is 12.5. The standard InChI is InChI=1S/C14H22BrNS/c1-3-16-11-13(9-10-17-4-2)12-5-7-14(15)8-6-12/h5-8,13,16H,3-4,9-11H2,1-2H3. The minimum Gasteiger partial charge on any atom is -0.316 e. The zero-order valence-electron chi connectivity index (χ0n) is 10.7. The minimum absolute atomic E-state index is 0.641. The van der Waals surface area contributed by atoms with Crippen LogP contribution in [0.5, 0.6) is 0 Å². The first kappa shape index (κ1) is 15.1. The van der Waals surface area contributed by atoms with Crippen molar-refractivity contribution in [1.29, 1.82) is 0 Å². The molecule has 0 aromatic heterocycles. The zero-order valence-corrected chi connectivity index (χ0v) is 13.1. The van der Waals surface area contributed by atoms with Crippen LogP contribution in [0.3, 0.4) is 0 Å². The van der Waals surface area contributed by atoms with Gasteiger partial charge >= 0.3 is 0 Å². The lowest BCUT2D eigenvalue weighted by atomic mass is 9.96. The maximum atomic E-state index is 3.49. The van der Waals surface area contributed by atoms with Crippen molar-refractivity contribution < 1.29 is 0 Å². The molecular formula is C14H22BrNS. The number of rotatable bonds is 8. The highest BCUT2D eigenvalue weighted by Gasteiger charge is 2.10. The first-order chi connectivity index (χ1) is 8.27. The molecule has 0 heterocycles. The average molecular weight is 316 g/mol. The van der Waals surface area contributed by atoms with Crippen LogP contribution in [0.2, 0.25) is 0 Å². The van der Waals surface area contributed by atoms with Gasteiger partial charge in [0.25, 0.3) is 0 Å². The monoisotopic (exact) mass is 315 g/mol. The van der Waals surface area contributed by atoms with Gasteiger partial charge in [-0.25, -0.2) is 0 Å². The number of halogens is 1. The topological polar surface area (TPSA) is 12.0 Å². The van der Waals surface area contributed by atoms with Gasteiger partial charge in [0.05, 0.1) is 0 Å². The Morgan fingerprint density at radius 3 is 2.53 bits per heavy atom. The minimum atomic E-state index is 0.641. The highest BCUT2D eigenvalue weighted by atomic mass is 79.9. The number of nitrogens with one attached hydrogen (secondary N) is 1. The lowest BCUT2D eigenvalue weighted by molar-refractivity contribution is 0.587. The first-order valence-corrected chi connectivity index (χ1v) is 8.26. The molecule has 0 aliphatic rings. The summed E-state index contributed by atoms with van der Waals surface area (Å²) >= 11 is 5.52. The highest BCUT2D eigenvalue weighted by molar-refractivity contribution is 9.10. The van der Waals surface area contributed by atoms with Crippen LogP contribution in [0, 0.1) is 0 Å². The number of thioether (sulfide) groups is 1. The van der Waals surface area contributed by atoms with Gasteiger partial charge in [-0.05, 0) is 48.1 Å². The van der Waals surface area contributed by atoms with E-state index in [2.05, 4.69) is 59.4 Å². The second kappa shape index (κ2) is 9.01. The summed E-state index contributed by atoms with van der Waals surface area (Å²) in [7, 11) is 0. The Hall–Kier alpha value is 0.01000. The smallest absolute Gasteiger partial charge is 0.0175 e. The molecule has 0 saturated carbocycles. The normalized spacial score (nSPS) is 12.6. The van der Waals surface area contributed by atoms with E-state index < -0.39 is 0 Å². The van der Waals surface area contributed by atoms with Gasteiger partial charge in [0.2, 0.25) is 0 Å². The first-order valence-electron chi connectivity index (χ1n) is 6.31. The Labute approximate surface area is 118 Å². The van der Waals surface area contributed by atoms with Crippen LogP contribution in [0.1, 0.15) is 31.7 Å². The molecule has 1 aromatic rings. The van der Waals surface area contributed by atoms with Crippen molar-refractivity contribution in [2.24, 2.45) is 0 Å². The lowest BCUT2D eigenvalue weighted by Crippen LogP contribution is -2.21. The molecule has 0 spiro atoms. The van der Waals surface area contributed by atoms with E-state index in [1.165, 1.54) is 23.5 Å². The third-order valence-electron chi connectivity index (χ3n) is 2.80. The summed E-state index contributed by atoms with van der Waals surface area (Å²) in [6.07, 6.45) is 1.26. The molecule has 0 bridgehead atoms. The van der Waals surface area contributed by atoms with E-state index in [9.17, 15) is 0 Å². The fourth-order valence-electron chi connectivity index (χ4n) is 1.81. The van der Waals surface area contributed by atoms with Crippen LogP contribution in [0.25, 0.3) is 0 Å². The van der Waals surface area contributed by atoms with E-state index >= 15 is 0 Å². The van der Waals surface area contributed by atoms with Gasteiger partial charge in [-0.3, -0.25) is 0 Å². The molecule has 3 heteroatoms. The summed E-state index contributed by atoms with van der Waals surface area (Å²) in [5.74, 6) is 3.11. The average Bonchev–Trinajstić information content (AvgIpc) is 2.35. The van der Waals surface area contributed by atoms with Gasteiger partial charge in [-0.1, -0.05) is 41.9 Å². The molecule has 0 amide bonds. The third kappa shape index (κ3) is 5.94. The Morgan fingerprint density at radius 2 is 1.94 bits per heavy atom. The van der Waals surface area contributed by atoms with Crippen LogP contribution >= 0.6 is 27.7 Å². The highest BCUT2D eigenvalue weighted by Crippen LogP contribution is 2.23. The Kier molecular flexibility index (Phi) is 7.99. The summed E-state index contributed by atoms with van der Waals surface area (Å²) < 4.78 is 1.16. The molecule has 1 rings (SSSR count). The summed E-state index contributed by atoms with van der Waals surface area (Å²) in [6.45, 7) is 6.53. The lowest BCUT2D eigenvalue weighted by Gasteiger charge is -2.17. The molecule has 17 heavy (non-hydrogen) atoms. The SMILES string of the molecule is CCNCC(CCSCC)c1ccc(Br)cc1. The number of benzene rings is 1. The van der Waals surface area contributed by atoms with Gasteiger partial charge in [-0.2, -0.15) is 11.8 Å². The molecule has 0 saturated heterocycles. The van der Waals surface area contributed by atoms with Gasteiger partial charge < -0.3 is 5.32 Å². The molecule has 96 valence electrons. The second-order valence-electron chi connectivity index (χ2n) is 4.04. The van der Waals surface area contributed by atoms with Crippen molar-refractivity contribution in [1.82, 2.24) is 5.32 Å². The molecule has 0 fully saturated rings. The van der Waals surface area contributed by atoms with Crippen molar-refractivity contribution in [2.75, 3.05) is 24.6 Å². The molecule has 1 nitrogen and oxygen atoms in total. The molecule has 1 atom stereocenters. The maximum absolute atomic E-state index is 3.49. The van der Waals surface area contributed by atoms with Crippen LogP contribution in [0.4, 0.5) is 0 Å². The van der Waals surface area contributed by atoms with Crippen LogP contribution < -0.4 is 5.32 Å². The van der Waals surface area contributed by atoms with E-state index in [0.29, 0.717) is 5.92 Å². The van der Waals surface area contributed by atoms with Crippen molar-refractivity contribution in [3.05, 3.63) is 34.3 Å². The summed E-state index contributed by atoms with van der Waals surface area (Å²) in [4.78, 5) is 0.